The average molecular weight is 341 g/mol. The molecule has 0 bridgehead atoms. The average Bonchev–Trinajstić information content (AvgIpc) is 2.97. The largest absolute Gasteiger partial charge is 0.343 e. The summed E-state index contributed by atoms with van der Waals surface area (Å²) < 4.78 is 13.9. The zero-order valence-electron chi connectivity index (χ0n) is 13.7. The van der Waals surface area contributed by atoms with Gasteiger partial charge in [-0.15, -0.1) is 0 Å². The van der Waals surface area contributed by atoms with Crippen LogP contribution in [0.25, 0.3) is 0 Å². The molecule has 3 rings (SSSR count). The number of hydrogen-bond acceptors (Lipinski definition) is 3. The summed E-state index contributed by atoms with van der Waals surface area (Å²) in [7, 11) is 0. The van der Waals surface area contributed by atoms with Crippen LogP contribution in [0, 0.1) is 5.82 Å². The van der Waals surface area contributed by atoms with Crippen LogP contribution in [0.15, 0.2) is 54.6 Å². The summed E-state index contributed by atoms with van der Waals surface area (Å²) in [6, 6.07) is 14.1. The molecule has 2 amide bonds. The van der Waals surface area contributed by atoms with E-state index in [2.05, 4.69) is 5.32 Å². The second-order valence-corrected chi connectivity index (χ2v) is 6.09. The van der Waals surface area contributed by atoms with E-state index in [0.717, 1.165) is 5.56 Å². The first-order valence-corrected chi connectivity index (χ1v) is 8.22. The molecule has 25 heavy (non-hydrogen) atoms. The van der Waals surface area contributed by atoms with Crippen LogP contribution in [-0.4, -0.2) is 30.4 Å². The van der Waals surface area contributed by atoms with Crippen LogP contribution < -0.4 is 16.0 Å². The number of carbonyl (C=O) groups excluding carboxylic acids is 2. The van der Waals surface area contributed by atoms with Gasteiger partial charge in [0.2, 0.25) is 11.8 Å². The lowest BCUT2D eigenvalue weighted by molar-refractivity contribution is -0.127. The third kappa shape index (κ3) is 3.85. The molecular formula is C19H20FN3O2. The highest BCUT2D eigenvalue weighted by Gasteiger charge is 2.35. The van der Waals surface area contributed by atoms with E-state index < -0.39 is 17.9 Å². The van der Waals surface area contributed by atoms with E-state index in [4.69, 9.17) is 5.73 Å². The molecule has 3 N–H and O–H groups in total. The van der Waals surface area contributed by atoms with E-state index in [1.807, 2.05) is 30.3 Å². The van der Waals surface area contributed by atoms with Crippen molar-refractivity contribution in [3.05, 3.63) is 66.0 Å². The summed E-state index contributed by atoms with van der Waals surface area (Å²) in [4.78, 5) is 26.1. The van der Waals surface area contributed by atoms with E-state index in [0.29, 0.717) is 19.4 Å². The van der Waals surface area contributed by atoms with Gasteiger partial charge in [0, 0.05) is 6.54 Å². The van der Waals surface area contributed by atoms with Gasteiger partial charge < -0.3 is 16.0 Å². The standard InChI is InChI=1S/C19H20FN3O2/c20-14-8-4-5-9-17(14)23-11-10-16(19(23)25)22-18(24)15(21)12-13-6-2-1-3-7-13/h1-9,15-16H,10-12,21H2,(H,22,24)/t15-,16?/m0/s1. The number of para-hydroxylation sites is 1. The number of amides is 2. The van der Waals surface area contributed by atoms with Gasteiger partial charge in [0.25, 0.3) is 0 Å². The van der Waals surface area contributed by atoms with Gasteiger partial charge >= 0.3 is 0 Å². The summed E-state index contributed by atoms with van der Waals surface area (Å²) in [5.74, 6) is -1.15. The number of nitrogens with one attached hydrogen (secondary N) is 1. The highest BCUT2D eigenvalue weighted by Crippen LogP contribution is 2.24. The Hall–Kier alpha value is -2.73. The molecular weight excluding hydrogens is 321 g/mol. The number of nitrogens with two attached hydrogens (primary N) is 1. The molecule has 6 heteroatoms. The zero-order chi connectivity index (χ0) is 17.8. The maximum Gasteiger partial charge on any atom is 0.249 e. The summed E-state index contributed by atoms with van der Waals surface area (Å²) >= 11 is 0. The summed E-state index contributed by atoms with van der Waals surface area (Å²) in [6.45, 7) is 0.360. The first-order valence-electron chi connectivity index (χ1n) is 8.22. The minimum Gasteiger partial charge on any atom is -0.343 e. The van der Waals surface area contributed by atoms with Crippen molar-refractivity contribution < 1.29 is 14.0 Å². The van der Waals surface area contributed by atoms with Crippen molar-refractivity contribution in [1.82, 2.24) is 5.32 Å². The lowest BCUT2D eigenvalue weighted by atomic mass is 10.1. The smallest absolute Gasteiger partial charge is 0.249 e. The quantitative estimate of drug-likeness (QED) is 0.868. The number of nitrogens with zero attached hydrogens (tertiary/aromatic N) is 1. The zero-order valence-corrected chi connectivity index (χ0v) is 13.7. The Labute approximate surface area is 145 Å². The monoisotopic (exact) mass is 341 g/mol. The number of rotatable bonds is 5. The summed E-state index contributed by atoms with van der Waals surface area (Å²) in [5, 5.41) is 2.69. The van der Waals surface area contributed by atoms with Crippen LogP contribution in [0.3, 0.4) is 0 Å². The molecule has 0 aliphatic carbocycles. The second-order valence-electron chi connectivity index (χ2n) is 6.09. The highest BCUT2D eigenvalue weighted by atomic mass is 19.1. The molecule has 1 saturated heterocycles. The minimum atomic E-state index is -0.738. The third-order valence-corrected chi connectivity index (χ3v) is 4.30. The molecule has 1 aliphatic rings. The molecule has 0 spiro atoms. The normalized spacial score (nSPS) is 18.2. The molecule has 1 aliphatic heterocycles. The Kier molecular flexibility index (Phi) is 5.09. The topological polar surface area (TPSA) is 75.4 Å². The Bertz CT molecular complexity index is 766. The van der Waals surface area contributed by atoms with Crippen LogP contribution in [0.4, 0.5) is 10.1 Å². The van der Waals surface area contributed by atoms with Crippen molar-refractivity contribution in [2.45, 2.75) is 24.9 Å². The highest BCUT2D eigenvalue weighted by molar-refractivity contribution is 6.01. The lowest BCUT2D eigenvalue weighted by Gasteiger charge is -2.19. The number of carbonyl (C=O) groups is 2. The molecule has 2 aromatic rings. The van der Waals surface area contributed by atoms with Crippen molar-refractivity contribution in [2.75, 3.05) is 11.4 Å². The maximum absolute atomic E-state index is 13.9. The summed E-state index contributed by atoms with van der Waals surface area (Å²) in [5.41, 5.74) is 7.13. The van der Waals surface area contributed by atoms with Gasteiger partial charge in [-0.3, -0.25) is 9.59 Å². The number of hydrogen-bond donors (Lipinski definition) is 2. The van der Waals surface area contributed by atoms with Gasteiger partial charge in [0.1, 0.15) is 11.9 Å². The van der Waals surface area contributed by atoms with Crippen molar-refractivity contribution in [3.63, 3.8) is 0 Å². The Morgan fingerprint density at radius 2 is 1.88 bits per heavy atom. The first kappa shape index (κ1) is 17.1. The molecule has 1 unspecified atom stereocenters. The second kappa shape index (κ2) is 7.44. The van der Waals surface area contributed by atoms with Crippen LogP contribution in [-0.2, 0) is 16.0 Å². The van der Waals surface area contributed by atoms with Gasteiger partial charge in [-0.2, -0.15) is 0 Å². The van der Waals surface area contributed by atoms with Crippen molar-refractivity contribution in [2.24, 2.45) is 5.73 Å². The molecule has 2 aromatic carbocycles. The molecule has 0 saturated carbocycles. The van der Waals surface area contributed by atoms with Crippen molar-refractivity contribution in [1.29, 1.82) is 0 Å². The maximum atomic E-state index is 13.9. The predicted octanol–water partition coefficient (Wildman–Crippen LogP) is 1.62. The number of halogens is 1. The van der Waals surface area contributed by atoms with Gasteiger partial charge in [0.15, 0.2) is 0 Å². The molecule has 0 aromatic heterocycles. The van der Waals surface area contributed by atoms with E-state index in [1.165, 1.54) is 11.0 Å². The molecule has 2 atom stereocenters. The third-order valence-electron chi connectivity index (χ3n) is 4.30. The van der Waals surface area contributed by atoms with Crippen LogP contribution in [0.5, 0.6) is 0 Å². The Morgan fingerprint density at radius 1 is 1.20 bits per heavy atom. The Morgan fingerprint density at radius 3 is 2.60 bits per heavy atom. The lowest BCUT2D eigenvalue weighted by Crippen LogP contribution is -2.49. The van der Waals surface area contributed by atoms with Crippen molar-refractivity contribution >= 4 is 17.5 Å². The number of anilines is 1. The molecule has 5 nitrogen and oxygen atoms in total. The van der Waals surface area contributed by atoms with E-state index >= 15 is 0 Å². The van der Waals surface area contributed by atoms with Gasteiger partial charge in [0.05, 0.1) is 11.7 Å². The Balaban J connectivity index is 1.61. The van der Waals surface area contributed by atoms with Gasteiger partial charge in [-0.1, -0.05) is 42.5 Å². The predicted molar refractivity (Wildman–Crippen MR) is 93.4 cm³/mol. The number of benzene rings is 2. The van der Waals surface area contributed by atoms with E-state index in [-0.39, 0.29) is 17.5 Å². The van der Waals surface area contributed by atoms with Crippen LogP contribution in [0.2, 0.25) is 0 Å². The van der Waals surface area contributed by atoms with Crippen LogP contribution >= 0.6 is 0 Å². The van der Waals surface area contributed by atoms with Crippen molar-refractivity contribution in [3.8, 4) is 0 Å². The van der Waals surface area contributed by atoms with E-state index in [9.17, 15) is 14.0 Å². The van der Waals surface area contributed by atoms with Gasteiger partial charge in [-0.25, -0.2) is 4.39 Å². The minimum absolute atomic E-state index is 0.234. The first-order chi connectivity index (χ1) is 12.1. The fourth-order valence-corrected chi connectivity index (χ4v) is 2.96. The van der Waals surface area contributed by atoms with E-state index in [1.54, 1.807) is 18.2 Å². The summed E-state index contributed by atoms with van der Waals surface area (Å²) in [6.07, 6.45) is 0.821. The van der Waals surface area contributed by atoms with Crippen LogP contribution in [0.1, 0.15) is 12.0 Å². The fourth-order valence-electron chi connectivity index (χ4n) is 2.96. The fraction of sp³-hybridized carbons (Fsp3) is 0.263. The molecule has 0 radical (unpaired) electrons. The van der Waals surface area contributed by atoms with Gasteiger partial charge in [-0.05, 0) is 30.5 Å². The molecule has 130 valence electrons. The molecule has 1 fully saturated rings. The SMILES string of the molecule is N[C@@H](Cc1ccccc1)C(=O)NC1CCN(c2ccccc2F)C1=O. The molecule has 1 heterocycles.